The fourth-order valence-corrected chi connectivity index (χ4v) is 2.83. The second-order valence-electron chi connectivity index (χ2n) is 4.73. The Morgan fingerprint density at radius 1 is 1.43 bits per heavy atom. The van der Waals surface area contributed by atoms with Gasteiger partial charge in [0.15, 0.2) is 5.16 Å². The minimum atomic E-state index is -0.291. The molecule has 0 saturated carbocycles. The fraction of sp³-hybridized carbons (Fsp3) is 0.267. The molecule has 0 aliphatic rings. The zero-order valence-corrected chi connectivity index (χ0v) is 14.0. The van der Waals surface area contributed by atoms with Crippen LogP contribution in [0.1, 0.15) is 11.3 Å². The molecular weight excluding hydrogens is 338 g/mol. The number of para-hydroxylation sites is 1. The summed E-state index contributed by atoms with van der Waals surface area (Å²) in [5, 5.41) is 12.4. The lowest BCUT2D eigenvalue weighted by molar-refractivity contribution is -0.113. The van der Waals surface area contributed by atoms with Gasteiger partial charge in [0.2, 0.25) is 5.91 Å². The standard InChI is InChI=1S/C15H16ClN3O3S/c1-9-10(6-7-20)14(22)19-15(17-9)23-8-13(21)18-12-5-3-2-4-11(12)16/h2-5,20H,6-8H2,1H3,(H,18,21)(H,17,19,22). The highest BCUT2D eigenvalue weighted by Crippen LogP contribution is 2.21. The normalized spacial score (nSPS) is 10.6. The molecule has 1 heterocycles. The number of aromatic amines is 1. The minimum absolute atomic E-state index is 0.0902. The van der Waals surface area contributed by atoms with Gasteiger partial charge in [-0.3, -0.25) is 9.59 Å². The molecule has 3 N–H and O–H groups in total. The van der Waals surface area contributed by atoms with Gasteiger partial charge >= 0.3 is 0 Å². The third-order valence-corrected chi connectivity index (χ3v) is 4.25. The number of carbonyl (C=O) groups is 1. The Bertz CT molecular complexity index is 764. The Labute approximate surface area is 142 Å². The monoisotopic (exact) mass is 353 g/mol. The van der Waals surface area contributed by atoms with Gasteiger partial charge in [0, 0.05) is 24.3 Å². The van der Waals surface area contributed by atoms with Crippen LogP contribution < -0.4 is 10.9 Å². The van der Waals surface area contributed by atoms with E-state index in [1.807, 2.05) is 0 Å². The maximum absolute atomic E-state index is 11.9. The highest BCUT2D eigenvalue weighted by atomic mass is 35.5. The molecule has 122 valence electrons. The Balaban J connectivity index is 1.99. The summed E-state index contributed by atoms with van der Waals surface area (Å²) in [4.78, 5) is 30.7. The average molecular weight is 354 g/mol. The van der Waals surface area contributed by atoms with Crippen LogP contribution in [-0.4, -0.2) is 33.3 Å². The quantitative estimate of drug-likeness (QED) is 0.545. The number of rotatable bonds is 6. The van der Waals surface area contributed by atoms with Crippen molar-refractivity contribution in [2.24, 2.45) is 0 Å². The summed E-state index contributed by atoms with van der Waals surface area (Å²) >= 11 is 7.10. The molecule has 2 rings (SSSR count). The Morgan fingerprint density at radius 3 is 2.83 bits per heavy atom. The van der Waals surface area contributed by atoms with Crippen molar-refractivity contribution in [2.75, 3.05) is 17.7 Å². The van der Waals surface area contributed by atoms with Gasteiger partial charge < -0.3 is 15.4 Å². The largest absolute Gasteiger partial charge is 0.396 e. The van der Waals surface area contributed by atoms with Crippen LogP contribution in [0.3, 0.4) is 0 Å². The van der Waals surface area contributed by atoms with Crippen LogP contribution in [0.5, 0.6) is 0 Å². The van der Waals surface area contributed by atoms with E-state index in [2.05, 4.69) is 15.3 Å². The topological polar surface area (TPSA) is 95.1 Å². The zero-order valence-electron chi connectivity index (χ0n) is 12.4. The summed E-state index contributed by atoms with van der Waals surface area (Å²) in [6.07, 6.45) is 0.256. The Kier molecular flexibility index (Phi) is 6.20. The molecule has 0 atom stereocenters. The van der Waals surface area contributed by atoms with Gasteiger partial charge in [-0.15, -0.1) is 0 Å². The first-order valence-corrected chi connectivity index (χ1v) is 8.25. The molecular formula is C15H16ClN3O3S. The molecule has 8 heteroatoms. The van der Waals surface area contributed by atoms with Crippen LogP contribution in [0, 0.1) is 6.92 Å². The van der Waals surface area contributed by atoms with Crippen LogP contribution in [0.15, 0.2) is 34.2 Å². The van der Waals surface area contributed by atoms with Crippen LogP contribution in [0.25, 0.3) is 0 Å². The summed E-state index contributed by atoms with van der Waals surface area (Å²) in [6, 6.07) is 6.94. The van der Waals surface area contributed by atoms with Crippen LogP contribution in [0.2, 0.25) is 5.02 Å². The maximum Gasteiger partial charge on any atom is 0.255 e. The van der Waals surface area contributed by atoms with E-state index in [1.165, 1.54) is 0 Å². The Morgan fingerprint density at radius 2 is 2.17 bits per heavy atom. The van der Waals surface area contributed by atoms with Gasteiger partial charge in [0.25, 0.3) is 5.56 Å². The number of aromatic nitrogens is 2. The van der Waals surface area contributed by atoms with Crippen molar-refractivity contribution in [1.82, 2.24) is 9.97 Å². The molecule has 0 bridgehead atoms. The first-order chi connectivity index (χ1) is 11.0. The van der Waals surface area contributed by atoms with Gasteiger partial charge in [-0.05, 0) is 19.1 Å². The highest BCUT2D eigenvalue weighted by Gasteiger charge is 2.10. The third kappa shape index (κ3) is 4.82. The number of hydrogen-bond acceptors (Lipinski definition) is 5. The first-order valence-electron chi connectivity index (χ1n) is 6.89. The van der Waals surface area contributed by atoms with Crippen LogP contribution >= 0.6 is 23.4 Å². The van der Waals surface area contributed by atoms with Crippen LogP contribution in [0.4, 0.5) is 5.69 Å². The predicted octanol–water partition coefficient (Wildman–Crippen LogP) is 2.00. The summed E-state index contributed by atoms with van der Waals surface area (Å²) in [6.45, 7) is 1.59. The number of anilines is 1. The molecule has 1 aromatic heterocycles. The van der Waals surface area contributed by atoms with Crippen LogP contribution in [-0.2, 0) is 11.2 Å². The van der Waals surface area contributed by atoms with Gasteiger partial charge in [-0.1, -0.05) is 35.5 Å². The predicted molar refractivity (Wildman–Crippen MR) is 91.2 cm³/mol. The number of halogens is 1. The van der Waals surface area contributed by atoms with Crippen molar-refractivity contribution in [2.45, 2.75) is 18.5 Å². The van der Waals surface area contributed by atoms with Crippen molar-refractivity contribution >= 4 is 35.0 Å². The fourth-order valence-electron chi connectivity index (χ4n) is 1.94. The summed E-state index contributed by atoms with van der Waals surface area (Å²) < 4.78 is 0. The molecule has 23 heavy (non-hydrogen) atoms. The van der Waals surface area contributed by atoms with E-state index in [-0.39, 0.29) is 30.2 Å². The van der Waals surface area contributed by atoms with E-state index >= 15 is 0 Å². The smallest absolute Gasteiger partial charge is 0.255 e. The van der Waals surface area contributed by atoms with Gasteiger partial charge in [-0.2, -0.15) is 0 Å². The van der Waals surface area contributed by atoms with E-state index in [4.69, 9.17) is 16.7 Å². The van der Waals surface area contributed by atoms with E-state index in [1.54, 1.807) is 31.2 Å². The number of amides is 1. The third-order valence-electron chi connectivity index (χ3n) is 3.05. The number of nitrogens with zero attached hydrogens (tertiary/aromatic N) is 1. The van der Waals surface area contributed by atoms with Gasteiger partial charge in [0.1, 0.15) is 0 Å². The molecule has 0 aliphatic carbocycles. The van der Waals surface area contributed by atoms with E-state index in [9.17, 15) is 9.59 Å². The molecule has 1 aromatic carbocycles. The number of hydrogen-bond donors (Lipinski definition) is 3. The van der Waals surface area contributed by atoms with Crippen molar-refractivity contribution in [3.05, 3.63) is 50.9 Å². The second-order valence-corrected chi connectivity index (χ2v) is 6.10. The zero-order chi connectivity index (χ0) is 16.8. The minimum Gasteiger partial charge on any atom is -0.396 e. The molecule has 0 saturated heterocycles. The molecule has 0 fully saturated rings. The number of carbonyl (C=O) groups excluding carboxylic acids is 1. The number of benzene rings is 1. The van der Waals surface area contributed by atoms with Crippen molar-refractivity contribution in [1.29, 1.82) is 0 Å². The summed E-state index contributed by atoms with van der Waals surface area (Å²) in [7, 11) is 0. The van der Waals surface area contributed by atoms with Crippen molar-refractivity contribution in [3.63, 3.8) is 0 Å². The SMILES string of the molecule is Cc1nc(SCC(=O)Nc2ccccc2Cl)[nH]c(=O)c1CCO. The maximum atomic E-state index is 11.9. The number of aliphatic hydroxyl groups is 1. The van der Waals surface area contributed by atoms with E-state index < -0.39 is 0 Å². The first kappa shape index (κ1) is 17.5. The molecule has 0 unspecified atom stereocenters. The lowest BCUT2D eigenvalue weighted by atomic mass is 10.2. The summed E-state index contributed by atoms with van der Waals surface area (Å²) in [5.74, 6) is -0.157. The lowest BCUT2D eigenvalue weighted by Gasteiger charge is -2.08. The second kappa shape index (κ2) is 8.14. The Hall–Kier alpha value is -1.83. The number of aliphatic hydroxyl groups excluding tert-OH is 1. The molecule has 1 amide bonds. The van der Waals surface area contributed by atoms with E-state index in [0.717, 1.165) is 11.8 Å². The molecule has 0 radical (unpaired) electrons. The lowest BCUT2D eigenvalue weighted by Crippen LogP contribution is -2.19. The molecule has 0 aliphatic heterocycles. The van der Waals surface area contributed by atoms with Gasteiger partial charge in [0.05, 0.1) is 16.5 Å². The summed E-state index contributed by atoms with van der Waals surface area (Å²) in [5.41, 5.74) is 1.26. The van der Waals surface area contributed by atoms with E-state index in [0.29, 0.717) is 27.1 Å². The molecule has 0 spiro atoms. The average Bonchev–Trinajstić information content (AvgIpc) is 2.51. The highest BCUT2D eigenvalue weighted by molar-refractivity contribution is 7.99. The molecule has 6 nitrogen and oxygen atoms in total. The van der Waals surface area contributed by atoms with Crippen molar-refractivity contribution in [3.8, 4) is 0 Å². The number of aryl methyl sites for hydroxylation is 1. The number of nitrogens with one attached hydrogen (secondary N) is 2. The number of thioether (sulfide) groups is 1. The molecule has 2 aromatic rings. The van der Waals surface area contributed by atoms with Gasteiger partial charge in [-0.25, -0.2) is 4.98 Å². The van der Waals surface area contributed by atoms with Crippen molar-refractivity contribution < 1.29 is 9.90 Å². The number of H-pyrrole nitrogens is 1.